The lowest BCUT2D eigenvalue weighted by atomic mass is 10.1. The van der Waals surface area contributed by atoms with Gasteiger partial charge in [0.25, 0.3) is 5.56 Å². The summed E-state index contributed by atoms with van der Waals surface area (Å²) in [7, 11) is 1.59. The van der Waals surface area contributed by atoms with Crippen LogP contribution in [0.4, 0.5) is 0 Å². The molecule has 0 fully saturated rings. The molecule has 0 aliphatic carbocycles. The zero-order valence-electron chi connectivity index (χ0n) is 10.9. The first-order chi connectivity index (χ1) is 9.15. The van der Waals surface area contributed by atoms with Gasteiger partial charge in [0, 0.05) is 12.0 Å². The molecule has 5 nitrogen and oxygen atoms in total. The van der Waals surface area contributed by atoms with Crippen LogP contribution >= 0.6 is 0 Å². The van der Waals surface area contributed by atoms with Gasteiger partial charge in [-0.15, -0.1) is 0 Å². The molecule has 2 aromatic rings. The summed E-state index contributed by atoms with van der Waals surface area (Å²) in [5, 5.41) is 9.71. The van der Waals surface area contributed by atoms with Gasteiger partial charge in [0.15, 0.2) is 0 Å². The summed E-state index contributed by atoms with van der Waals surface area (Å²) >= 11 is 0. The first-order valence-corrected chi connectivity index (χ1v) is 6.08. The van der Waals surface area contributed by atoms with Crippen LogP contribution in [0.1, 0.15) is 23.9 Å². The van der Waals surface area contributed by atoms with Gasteiger partial charge < -0.3 is 14.8 Å². The van der Waals surface area contributed by atoms with E-state index >= 15 is 0 Å². The number of nitrogens with zero attached hydrogens (tertiary/aromatic N) is 1. The van der Waals surface area contributed by atoms with Gasteiger partial charge in [0.05, 0.1) is 12.7 Å². The molecule has 100 valence electrons. The SMILES string of the molecule is CCc1c(O)nc(Cc2ccccc2OC)[nH]c1=O. The van der Waals surface area contributed by atoms with Crippen molar-refractivity contribution in [2.75, 3.05) is 7.11 Å². The molecule has 0 aliphatic heterocycles. The van der Waals surface area contributed by atoms with E-state index in [0.29, 0.717) is 24.2 Å². The molecule has 0 bridgehead atoms. The Hall–Kier alpha value is -2.30. The van der Waals surface area contributed by atoms with E-state index in [-0.39, 0.29) is 11.4 Å². The summed E-state index contributed by atoms with van der Waals surface area (Å²) < 4.78 is 5.24. The number of aromatic hydroxyl groups is 1. The summed E-state index contributed by atoms with van der Waals surface area (Å²) in [6.07, 6.45) is 0.847. The maximum Gasteiger partial charge on any atom is 0.257 e. The van der Waals surface area contributed by atoms with E-state index in [4.69, 9.17) is 4.74 Å². The van der Waals surface area contributed by atoms with Crippen molar-refractivity contribution >= 4 is 0 Å². The second kappa shape index (κ2) is 5.56. The van der Waals surface area contributed by atoms with Gasteiger partial charge in [0.2, 0.25) is 5.88 Å². The third kappa shape index (κ3) is 2.76. The smallest absolute Gasteiger partial charge is 0.257 e. The number of benzene rings is 1. The molecule has 2 N–H and O–H groups in total. The number of nitrogens with one attached hydrogen (secondary N) is 1. The highest BCUT2D eigenvalue weighted by molar-refractivity contribution is 5.35. The Morgan fingerprint density at radius 1 is 1.37 bits per heavy atom. The van der Waals surface area contributed by atoms with Crippen molar-refractivity contribution in [3.05, 3.63) is 51.6 Å². The second-order valence-corrected chi connectivity index (χ2v) is 4.16. The van der Waals surface area contributed by atoms with Gasteiger partial charge >= 0.3 is 0 Å². The fourth-order valence-corrected chi connectivity index (χ4v) is 1.96. The average Bonchev–Trinajstić information content (AvgIpc) is 2.39. The van der Waals surface area contributed by atoms with Crippen LogP contribution in [-0.4, -0.2) is 22.2 Å². The van der Waals surface area contributed by atoms with E-state index in [1.165, 1.54) is 0 Å². The van der Waals surface area contributed by atoms with Crippen LogP contribution in [0.25, 0.3) is 0 Å². The molecule has 19 heavy (non-hydrogen) atoms. The molecule has 0 aliphatic rings. The molecule has 0 atom stereocenters. The highest BCUT2D eigenvalue weighted by Gasteiger charge is 2.10. The Morgan fingerprint density at radius 2 is 2.11 bits per heavy atom. The number of hydrogen-bond acceptors (Lipinski definition) is 4. The molecule has 1 heterocycles. The van der Waals surface area contributed by atoms with Gasteiger partial charge in [-0.3, -0.25) is 4.79 Å². The average molecular weight is 260 g/mol. The van der Waals surface area contributed by atoms with Crippen LogP contribution in [0.2, 0.25) is 0 Å². The summed E-state index contributed by atoms with van der Waals surface area (Å²) in [5.74, 6) is 0.949. The molecular weight excluding hydrogens is 244 g/mol. The number of H-pyrrole nitrogens is 1. The van der Waals surface area contributed by atoms with Crippen molar-refractivity contribution in [1.82, 2.24) is 9.97 Å². The molecule has 0 spiro atoms. The quantitative estimate of drug-likeness (QED) is 0.876. The molecule has 0 saturated heterocycles. The predicted octanol–water partition coefficient (Wildman–Crippen LogP) is 1.64. The number of hydrogen-bond donors (Lipinski definition) is 2. The molecule has 5 heteroatoms. The van der Waals surface area contributed by atoms with Crippen molar-refractivity contribution in [3.63, 3.8) is 0 Å². The molecule has 0 saturated carbocycles. The Kier molecular flexibility index (Phi) is 3.85. The van der Waals surface area contributed by atoms with Gasteiger partial charge in [-0.2, -0.15) is 4.98 Å². The van der Waals surface area contributed by atoms with Crippen molar-refractivity contribution in [1.29, 1.82) is 0 Å². The summed E-state index contributed by atoms with van der Waals surface area (Å²) in [6, 6.07) is 7.49. The van der Waals surface area contributed by atoms with E-state index in [9.17, 15) is 9.90 Å². The molecule has 0 amide bonds. The number of ether oxygens (including phenoxy) is 1. The normalized spacial score (nSPS) is 10.4. The molecule has 0 radical (unpaired) electrons. The van der Waals surface area contributed by atoms with Crippen LogP contribution in [0.15, 0.2) is 29.1 Å². The van der Waals surface area contributed by atoms with Crippen molar-refractivity contribution in [2.45, 2.75) is 19.8 Å². The lowest BCUT2D eigenvalue weighted by Gasteiger charge is -2.08. The highest BCUT2D eigenvalue weighted by atomic mass is 16.5. The Balaban J connectivity index is 2.36. The van der Waals surface area contributed by atoms with E-state index in [1.807, 2.05) is 24.3 Å². The fraction of sp³-hybridized carbons (Fsp3) is 0.286. The zero-order chi connectivity index (χ0) is 13.8. The number of para-hydroxylation sites is 1. The van der Waals surface area contributed by atoms with Crippen molar-refractivity contribution in [3.8, 4) is 11.6 Å². The van der Waals surface area contributed by atoms with E-state index in [1.54, 1.807) is 14.0 Å². The van der Waals surface area contributed by atoms with Crippen LogP contribution < -0.4 is 10.3 Å². The number of aromatic nitrogens is 2. The highest BCUT2D eigenvalue weighted by Crippen LogP contribution is 2.20. The fourth-order valence-electron chi connectivity index (χ4n) is 1.96. The van der Waals surface area contributed by atoms with Crippen molar-refractivity contribution in [2.24, 2.45) is 0 Å². The predicted molar refractivity (Wildman–Crippen MR) is 71.7 cm³/mol. The third-order valence-electron chi connectivity index (χ3n) is 2.95. The largest absolute Gasteiger partial charge is 0.496 e. The maximum atomic E-state index is 11.7. The van der Waals surface area contributed by atoms with E-state index in [0.717, 1.165) is 11.3 Å². The lowest BCUT2D eigenvalue weighted by molar-refractivity contribution is 0.409. The standard InChI is InChI=1S/C14H16N2O3/c1-3-10-13(17)15-12(16-14(10)18)8-9-6-4-5-7-11(9)19-2/h4-7H,3,8H2,1-2H3,(H2,15,16,17,18). The summed E-state index contributed by atoms with van der Waals surface area (Å²) in [5.41, 5.74) is 0.917. The first-order valence-electron chi connectivity index (χ1n) is 6.08. The summed E-state index contributed by atoms with van der Waals surface area (Å²) in [6.45, 7) is 1.80. The zero-order valence-corrected chi connectivity index (χ0v) is 10.9. The topological polar surface area (TPSA) is 75.2 Å². The third-order valence-corrected chi connectivity index (χ3v) is 2.95. The monoisotopic (exact) mass is 260 g/mol. The van der Waals surface area contributed by atoms with Crippen LogP contribution in [0, 0.1) is 0 Å². The lowest BCUT2D eigenvalue weighted by Crippen LogP contribution is -2.16. The number of aromatic amines is 1. The second-order valence-electron chi connectivity index (χ2n) is 4.16. The van der Waals surface area contributed by atoms with E-state index in [2.05, 4.69) is 9.97 Å². The molecule has 2 rings (SSSR count). The Bertz CT molecular complexity index is 635. The first kappa shape index (κ1) is 13.1. The minimum Gasteiger partial charge on any atom is -0.496 e. The molecule has 1 aromatic heterocycles. The van der Waals surface area contributed by atoms with Gasteiger partial charge in [0.1, 0.15) is 11.6 Å². The number of rotatable bonds is 4. The molecule has 1 aromatic carbocycles. The molecule has 0 unspecified atom stereocenters. The Morgan fingerprint density at radius 3 is 2.74 bits per heavy atom. The maximum absolute atomic E-state index is 11.7. The van der Waals surface area contributed by atoms with Crippen LogP contribution in [0.3, 0.4) is 0 Å². The van der Waals surface area contributed by atoms with Gasteiger partial charge in [-0.25, -0.2) is 0 Å². The minimum atomic E-state index is -0.292. The van der Waals surface area contributed by atoms with Gasteiger partial charge in [-0.1, -0.05) is 25.1 Å². The van der Waals surface area contributed by atoms with Gasteiger partial charge in [-0.05, 0) is 12.5 Å². The Labute approximate surface area is 110 Å². The van der Waals surface area contributed by atoms with E-state index < -0.39 is 0 Å². The van der Waals surface area contributed by atoms with Crippen LogP contribution in [-0.2, 0) is 12.8 Å². The van der Waals surface area contributed by atoms with Crippen molar-refractivity contribution < 1.29 is 9.84 Å². The summed E-state index contributed by atoms with van der Waals surface area (Å²) in [4.78, 5) is 18.5. The molecular formula is C14H16N2O3. The van der Waals surface area contributed by atoms with Crippen LogP contribution in [0.5, 0.6) is 11.6 Å². The number of methoxy groups -OCH3 is 1. The minimum absolute atomic E-state index is 0.198.